The van der Waals surface area contributed by atoms with Gasteiger partial charge in [-0.1, -0.05) is 6.07 Å². The molecule has 0 fully saturated rings. The van der Waals surface area contributed by atoms with E-state index >= 15 is 0 Å². The number of carboxylic acid groups (broad SMARTS) is 1. The molecule has 2 N–H and O–H groups in total. The van der Waals surface area contributed by atoms with Gasteiger partial charge in [-0.05, 0) is 12.1 Å². The molecular weight excluding hydrogens is 297 g/mol. The number of alkyl halides is 3. The fraction of sp³-hybridized carbons (Fsp3) is 0.364. The van der Waals surface area contributed by atoms with E-state index in [2.05, 4.69) is 10.1 Å². The highest BCUT2D eigenvalue weighted by atomic mass is 19.4. The summed E-state index contributed by atoms with van der Waals surface area (Å²) >= 11 is 0. The second kappa shape index (κ2) is 6.88. The number of ether oxygens (including phenoxy) is 1. The van der Waals surface area contributed by atoms with Gasteiger partial charge in [-0.25, -0.2) is 4.79 Å². The first-order valence-electron chi connectivity index (χ1n) is 5.61. The number of rotatable bonds is 7. The SMILES string of the molecule is O=C(O)c1cccc(NCCOCC(F)(F)F)c1[N+](=O)[O-]. The van der Waals surface area contributed by atoms with Gasteiger partial charge in [0.1, 0.15) is 17.9 Å². The first-order valence-corrected chi connectivity index (χ1v) is 5.61. The van der Waals surface area contributed by atoms with Crippen molar-refractivity contribution in [3.8, 4) is 0 Å². The van der Waals surface area contributed by atoms with Gasteiger partial charge in [0.15, 0.2) is 0 Å². The van der Waals surface area contributed by atoms with Gasteiger partial charge in [0.05, 0.1) is 11.5 Å². The molecule has 1 rings (SSSR count). The van der Waals surface area contributed by atoms with Crippen molar-refractivity contribution in [2.45, 2.75) is 6.18 Å². The Morgan fingerprint density at radius 3 is 2.62 bits per heavy atom. The van der Waals surface area contributed by atoms with Crippen molar-refractivity contribution in [1.29, 1.82) is 0 Å². The summed E-state index contributed by atoms with van der Waals surface area (Å²) in [6, 6.07) is 3.61. The molecule has 0 heterocycles. The predicted molar refractivity (Wildman–Crippen MR) is 65.4 cm³/mol. The van der Waals surface area contributed by atoms with Gasteiger partial charge < -0.3 is 15.2 Å². The summed E-state index contributed by atoms with van der Waals surface area (Å²) in [7, 11) is 0. The van der Waals surface area contributed by atoms with Crippen LogP contribution in [0, 0.1) is 10.1 Å². The minimum Gasteiger partial charge on any atom is -0.477 e. The number of hydrogen-bond acceptors (Lipinski definition) is 5. The largest absolute Gasteiger partial charge is 0.477 e. The molecule has 0 aliphatic rings. The molecular formula is C11H11F3N2O5. The molecule has 0 aliphatic heterocycles. The normalized spacial score (nSPS) is 11.2. The van der Waals surface area contributed by atoms with Gasteiger partial charge >= 0.3 is 17.8 Å². The van der Waals surface area contributed by atoms with Crippen molar-refractivity contribution in [2.75, 3.05) is 25.1 Å². The van der Waals surface area contributed by atoms with Gasteiger partial charge in [0.25, 0.3) is 0 Å². The van der Waals surface area contributed by atoms with Gasteiger partial charge in [-0.15, -0.1) is 0 Å². The number of benzene rings is 1. The Morgan fingerprint density at radius 2 is 2.10 bits per heavy atom. The Balaban J connectivity index is 2.69. The summed E-state index contributed by atoms with van der Waals surface area (Å²) in [4.78, 5) is 20.9. The zero-order chi connectivity index (χ0) is 16.0. The summed E-state index contributed by atoms with van der Waals surface area (Å²) in [6.07, 6.45) is -4.45. The number of anilines is 1. The molecule has 0 radical (unpaired) electrons. The first kappa shape index (κ1) is 16.7. The summed E-state index contributed by atoms with van der Waals surface area (Å²) in [5.74, 6) is -1.47. The maximum atomic E-state index is 11.8. The lowest BCUT2D eigenvalue weighted by molar-refractivity contribution is -0.384. The summed E-state index contributed by atoms with van der Waals surface area (Å²) < 4.78 is 39.8. The average molecular weight is 308 g/mol. The lowest BCUT2D eigenvalue weighted by Crippen LogP contribution is -2.20. The number of nitrogens with zero attached hydrogens (tertiary/aromatic N) is 1. The van der Waals surface area contributed by atoms with Crippen LogP contribution in [0.4, 0.5) is 24.5 Å². The highest BCUT2D eigenvalue weighted by molar-refractivity contribution is 5.95. The Bertz CT molecular complexity index is 533. The van der Waals surface area contributed by atoms with Crippen LogP contribution in [-0.4, -0.2) is 41.9 Å². The van der Waals surface area contributed by atoms with E-state index in [-0.39, 0.29) is 18.8 Å². The topological polar surface area (TPSA) is 102 Å². The van der Waals surface area contributed by atoms with Gasteiger partial charge in [-0.3, -0.25) is 10.1 Å². The van der Waals surface area contributed by atoms with Crippen LogP contribution in [0.1, 0.15) is 10.4 Å². The summed E-state index contributed by atoms with van der Waals surface area (Å²) in [6.45, 7) is -1.90. The molecule has 0 aromatic heterocycles. The van der Waals surface area contributed by atoms with E-state index in [0.717, 1.165) is 6.07 Å². The lowest BCUT2D eigenvalue weighted by atomic mass is 10.1. The molecule has 0 bridgehead atoms. The van der Waals surface area contributed by atoms with Crippen LogP contribution in [-0.2, 0) is 4.74 Å². The molecule has 1 aromatic carbocycles. The fourth-order valence-corrected chi connectivity index (χ4v) is 1.50. The minimum absolute atomic E-state index is 0.101. The van der Waals surface area contributed by atoms with Crippen LogP contribution in [0.3, 0.4) is 0 Å². The Kier molecular flexibility index (Phi) is 5.47. The third kappa shape index (κ3) is 5.26. The van der Waals surface area contributed by atoms with Crippen molar-refractivity contribution < 1.29 is 32.7 Å². The molecule has 116 valence electrons. The Hall–Kier alpha value is -2.36. The average Bonchev–Trinajstić information content (AvgIpc) is 2.36. The number of nitro groups is 1. The number of carboxylic acids is 1. The molecule has 0 unspecified atom stereocenters. The summed E-state index contributed by atoms with van der Waals surface area (Å²) in [5.41, 5.74) is -1.27. The van der Waals surface area contributed by atoms with Gasteiger partial charge in [0, 0.05) is 6.54 Å². The molecule has 0 saturated carbocycles. The zero-order valence-electron chi connectivity index (χ0n) is 10.5. The van der Waals surface area contributed by atoms with E-state index in [1.807, 2.05) is 0 Å². The number of carbonyl (C=O) groups is 1. The number of nitrogens with one attached hydrogen (secondary N) is 1. The van der Waals surface area contributed by atoms with Crippen LogP contribution in [0.15, 0.2) is 18.2 Å². The number of hydrogen-bond donors (Lipinski definition) is 2. The molecule has 0 saturated heterocycles. The quantitative estimate of drug-likeness (QED) is 0.455. The van der Waals surface area contributed by atoms with Crippen LogP contribution in [0.25, 0.3) is 0 Å². The van der Waals surface area contributed by atoms with Crippen LogP contribution in [0.2, 0.25) is 0 Å². The number of para-hydroxylation sites is 1. The summed E-state index contributed by atoms with van der Waals surface area (Å²) in [5, 5.41) is 22.2. The maximum absolute atomic E-state index is 11.8. The van der Waals surface area contributed by atoms with E-state index in [4.69, 9.17) is 5.11 Å². The second-order valence-corrected chi connectivity index (χ2v) is 3.86. The van der Waals surface area contributed by atoms with E-state index in [1.54, 1.807) is 0 Å². The smallest absolute Gasteiger partial charge is 0.411 e. The third-order valence-corrected chi connectivity index (χ3v) is 2.28. The Labute approximate surface area is 116 Å². The van der Waals surface area contributed by atoms with E-state index in [0.29, 0.717) is 0 Å². The van der Waals surface area contributed by atoms with Crippen molar-refractivity contribution in [2.24, 2.45) is 0 Å². The zero-order valence-corrected chi connectivity index (χ0v) is 10.5. The van der Waals surface area contributed by atoms with E-state index < -0.39 is 34.9 Å². The number of nitro benzene ring substituents is 1. The van der Waals surface area contributed by atoms with Crippen molar-refractivity contribution in [3.63, 3.8) is 0 Å². The Morgan fingerprint density at radius 1 is 1.43 bits per heavy atom. The molecule has 0 atom stereocenters. The third-order valence-electron chi connectivity index (χ3n) is 2.28. The first-order chi connectivity index (χ1) is 9.72. The van der Waals surface area contributed by atoms with Gasteiger partial charge in [-0.2, -0.15) is 13.2 Å². The number of halogens is 3. The van der Waals surface area contributed by atoms with Crippen molar-refractivity contribution in [1.82, 2.24) is 0 Å². The lowest BCUT2D eigenvalue weighted by Gasteiger charge is -2.10. The number of aromatic carboxylic acids is 1. The molecule has 1 aromatic rings. The van der Waals surface area contributed by atoms with E-state index in [1.165, 1.54) is 12.1 Å². The second-order valence-electron chi connectivity index (χ2n) is 3.86. The van der Waals surface area contributed by atoms with Gasteiger partial charge in [0.2, 0.25) is 0 Å². The maximum Gasteiger partial charge on any atom is 0.411 e. The molecule has 10 heteroatoms. The monoisotopic (exact) mass is 308 g/mol. The molecule has 0 spiro atoms. The standard InChI is InChI=1S/C11H11F3N2O5/c12-11(13,14)6-21-5-4-15-8-3-1-2-7(10(17)18)9(8)16(19)20/h1-3,15H,4-6H2,(H,17,18). The van der Waals surface area contributed by atoms with Crippen molar-refractivity contribution in [3.05, 3.63) is 33.9 Å². The molecule has 21 heavy (non-hydrogen) atoms. The van der Waals surface area contributed by atoms with E-state index in [9.17, 15) is 28.1 Å². The van der Waals surface area contributed by atoms with Crippen LogP contribution in [0.5, 0.6) is 0 Å². The highest BCUT2D eigenvalue weighted by Gasteiger charge is 2.27. The molecule has 7 nitrogen and oxygen atoms in total. The predicted octanol–water partition coefficient (Wildman–Crippen LogP) is 2.28. The highest BCUT2D eigenvalue weighted by Crippen LogP contribution is 2.28. The van der Waals surface area contributed by atoms with Crippen LogP contribution < -0.4 is 5.32 Å². The molecule has 0 amide bonds. The van der Waals surface area contributed by atoms with Crippen molar-refractivity contribution >= 4 is 17.3 Å². The van der Waals surface area contributed by atoms with Crippen LogP contribution >= 0.6 is 0 Å². The fourth-order valence-electron chi connectivity index (χ4n) is 1.50. The minimum atomic E-state index is -4.45. The molecule has 0 aliphatic carbocycles.